The summed E-state index contributed by atoms with van der Waals surface area (Å²) in [5, 5.41) is 15.0. The molecule has 2 rings (SSSR count). The molecule has 1 saturated carbocycles. The maximum Gasteiger partial charge on any atom is 0.124 e. The van der Waals surface area contributed by atoms with Crippen molar-refractivity contribution in [3.63, 3.8) is 0 Å². The third-order valence-corrected chi connectivity index (χ3v) is 3.96. The molecule has 4 heteroatoms. The molecule has 102 valence electrons. The minimum atomic E-state index is -0.569. The monoisotopic (exact) mass is 252 g/mol. The highest BCUT2D eigenvalue weighted by Crippen LogP contribution is 2.41. The van der Waals surface area contributed by atoms with Crippen LogP contribution < -0.4 is 0 Å². The summed E-state index contributed by atoms with van der Waals surface area (Å²) in [4.78, 5) is 0. The zero-order valence-electron chi connectivity index (χ0n) is 11.4. The first-order valence-corrected chi connectivity index (χ1v) is 7.07. The molecular formula is C14H24N2O2. The van der Waals surface area contributed by atoms with Crippen molar-refractivity contribution in [2.24, 2.45) is 0 Å². The van der Waals surface area contributed by atoms with E-state index in [1.54, 1.807) is 6.20 Å². The van der Waals surface area contributed by atoms with Gasteiger partial charge in [0.1, 0.15) is 6.10 Å². The molecule has 1 aliphatic carbocycles. The van der Waals surface area contributed by atoms with E-state index in [0.29, 0.717) is 6.61 Å². The van der Waals surface area contributed by atoms with Gasteiger partial charge in [-0.05, 0) is 32.8 Å². The van der Waals surface area contributed by atoms with Gasteiger partial charge in [-0.15, -0.1) is 0 Å². The number of aryl methyl sites for hydroxylation is 1. The van der Waals surface area contributed by atoms with E-state index in [1.165, 1.54) is 6.42 Å². The Morgan fingerprint density at radius 3 is 2.72 bits per heavy atom. The van der Waals surface area contributed by atoms with E-state index in [1.807, 2.05) is 24.6 Å². The van der Waals surface area contributed by atoms with E-state index < -0.39 is 11.7 Å². The van der Waals surface area contributed by atoms with Gasteiger partial charge in [-0.25, -0.2) is 0 Å². The van der Waals surface area contributed by atoms with E-state index in [9.17, 15) is 5.11 Å². The lowest BCUT2D eigenvalue weighted by molar-refractivity contribution is -0.144. The van der Waals surface area contributed by atoms with Crippen LogP contribution in [0.1, 0.15) is 57.7 Å². The van der Waals surface area contributed by atoms with Crippen LogP contribution in [0.25, 0.3) is 0 Å². The Balaban J connectivity index is 2.24. The average molecular weight is 252 g/mol. The van der Waals surface area contributed by atoms with Crippen LogP contribution in [0.5, 0.6) is 0 Å². The van der Waals surface area contributed by atoms with Gasteiger partial charge in [0, 0.05) is 19.3 Å². The first-order valence-electron chi connectivity index (χ1n) is 7.07. The highest BCUT2D eigenvalue weighted by Gasteiger charge is 2.41. The number of hydrogen-bond donors (Lipinski definition) is 1. The highest BCUT2D eigenvalue weighted by molar-refractivity contribution is 5.11. The molecule has 0 bridgehead atoms. The topological polar surface area (TPSA) is 47.3 Å². The molecule has 1 unspecified atom stereocenters. The van der Waals surface area contributed by atoms with Gasteiger partial charge >= 0.3 is 0 Å². The van der Waals surface area contributed by atoms with Crippen molar-refractivity contribution in [3.05, 3.63) is 18.0 Å². The number of ether oxygens (including phenoxy) is 1. The molecule has 1 aliphatic rings. The van der Waals surface area contributed by atoms with Gasteiger partial charge in [0.2, 0.25) is 0 Å². The largest absolute Gasteiger partial charge is 0.384 e. The minimum absolute atomic E-state index is 0.403. The number of aromatic nitrogens is 2. The predicted molar refractivity (Wildman–Crippen MR) is 70.3 cm³/mol. The van der Waals surface area contributed by atoms with Crippen molar-refractivity contribution in [1.29, 1.82) is 0 Å². The van der Waals surface area contributed by atoms with Gasteiger partial charge in [-0.2, -0.15) is 5.10 Å². The number of aliphatic hydroxyl groups excluding tert-OH is 1. The van der Waals surface area contributed by atoms with Crippen LogP contribution >= 0.6 is 0 Å². The van der Waals surface area contributed by atoms with Crippen LogP contribution in [-0.4, -0.2) is 27.1 Å². The molecule has 0 aromatic carbocycles. The Bertz CT molecular complexity index is 364. The fourth-order valence-corrected chi connectivity index (χ4v) is 3.04. The molecule has 1 fully saturated rings. The maximum absolute atomic E-state index is 10.7. The maximum atomic E-state index is 10.7. The van der Waals surface area contributed by atoms with Crippen LogP contribution in [0, 0.1) is 0 Å². The van der Waals surface area contributed by atoms with Crippen molar-refractivity contribution in [2.45, 2.75) is 64.2 Å². The second-order valence-electron chi connectivity index (χ2n) is 5.03. The smallest absolute Gasteiger partial charge is 0.124 e. The Morgan fingerprint density at radius 1 is 1.39 bits per heavy atom. The van der Waals surface area contributed by atoms with Gasteiger partial charge in [-0.3, -0.25) is 4.68 Å². The SMILES string of the molecule is CCOC1(C(O)c2ccnn2CC)CCCCC1. The summed E-state index contributed by atoms with van der Waals surface area (Å²) in [5.74, 6) is 0. The second kappa shape index (κ2) is 5.85. The number of rotatable bonds is 5. The van der Waals surface area contributed by atoms with Gasteiger partial charge in [-0.1, -0.05) is 19.3 Å². The summed E-state index contributed by atoms with van der Waals surface area (Å²) < 4.78 is 7.83. The first kappa shape index (κ1) is 13.6. The lowest BCUT2D eigenvalue weighted by Crippen LogP contribution is -2.42. The zero-order chi connectivity index (χ0) is 13.0. The third kappa shape index (κ3) is 2.45. The third-order valence-electron chi connectivity index (χ3n) is 3.96. The van der Waals surface area contributed by atoms with E-state index in [2.05, 4.69) is 5.10 Å². The van der Waals surface area contributed by atoms with Crippen molar-refractivity contribution in [2.75, 3.05) is 6.61 Å². The van der Waals surface area contributed by atoms with E-state index >= 15 is 0 Å². The van der Waals surface area contributed by atoms with E-state index in [-0.39, 0.29) is 0 Å². The summed E-state index contributed by atoms with van der Waals surface area (Å²) in [7, 11) is 0. The average Bonchev–Trinajstić information content (AvgIpc) is 2.87. The summed E-state index contributed by atoms with van der Waals surface area (Å²) >= 11 is 0. The lowest BCUT2D eigenvalue weighted by Gasteiger charge is -2.40. The number of nitrogens with zero attached hydrogens (tertiary/aromatic N) is 2. The molecule has 0 saturated heterocycles. The van der Waals surface area contributed by atoms with Gasteiger partial charge in [0.05, 0.1) is 11.3 Å². The predicted octanol–water partition coefficient (Wildman–Crippen LogP) is 2.68. The van der Waals surface area contributed by atoms with Gasteiger partial charge in [0.25, 0.3) is 0 Å². The van der Waals surface area contributed by atoms with Crippen molar-refractivity contribution < 1.29 is 9.84 Å². The van der Waals surface area contributed by atoms with Crippen LogP contribution in [0.3, 0.4) is 0 Å². The van der Waals surface area contributed by atoms with Crippen LogP contribution in [-0.2, 0) is 11.3 Å². The molecule has 1 N–H and O–H groups in total. The first-order chi connectivity index (χ1) is 8.73. The van der Waals surface area contributed by atoms with Crippen LogP contribution in [0.2, 0.25) is 0 Å². The molecule has 0 radical (unpaired) electrons. The standard InChI is InChI=1S/C14H24N2O2/c1-3-16-12(8-11-15-16)13(17)14(18-4-2)9-6-5-7-10-14/h8,11,13,17H,3-7,9-10H2,1-2H3. The Kier molecular flexibility index (Phi) is 4.40. The highest BCUT2D eigenvalue weighted by atomic mass is 16.5. The molecule has 1 heterocycles. The zero-order valence-corrected chi connectivity index (χ0v) is 11.4. The normalized spacial score (nSPS) is 20.8. The Hall–Kier alpha value is -0.870. The van der Waals surface area contributed by atoms with E-state index in [4.69, 9.17) is 4.74 Å². The van der Waals surface area contributed by atoms with Crippen molar-refractivity contribution >= 4 is 0 Å². The fraction of sp³-hybridized carbons (Fsp3) is 0.786. The van der Waals surface area contributed by atoms with Crippen LogP contribution in [0.4, 0.5) is 0 Å². The summed E-state index contributed by atoms with van der Waals surface area (Å²) in [6, 6.07) is 1.91. The molecule has 0 spiro atoms. The van der Waals surface area contributed by atoms with Crippen LogP contribution in [0.15, 0.2) is 12.3 Å². The Labute approximate surface area is 109 Å². The minimum Gasteiger partial charge on any atom is -0.384 e. The Morgan fingerprint density at radius 2 is 2.11 bits per heavy atom. The molecule has 1 aromatic rings. The molecular weight excluding hydrogens is 228 g/mol. The molecule has 18 heavy (non-hydrogen) atoms. The second-order valence-corrected chi connectivity index (χ2v) is 5.03. The quantitative estimate of drug-likeness (QED) is 0.876. The van der Waals surface area contributed by atoms with Gasteiger partial charge in [0.15, 0.2) is 0 Å². The molecule has 0 amide bonds. The van der Waals surface area contributed by atoms with Crippen molar-refractivity contribution in [1.82, 2.24) is 9.78 Å². The molecule has 4 nitrogen and oxygen atoms in total. The molecule has 1 atom stereocenters. The summed E-state index contributed by atoms with van der Waals surface area (Å²) in [5.41, 5.74) is 0.479. The number of hydrogen-bond acceptors (Lipinski definition) is 3. The molecule has 1 aromatic heterocycles. The number of aliphatic hydroxyl groups is 1. The van der Waals surface area contributed by atoms with Gasteiger partial charge < -0.3 is 9.84 Å². The lowest BCUT2D eigenvalue weighted by atomic mass is 9.79. The summed E-state index contributed by atoms with van der Waals surface area (Å²) in [6.07, 6.45) is 6.59. The van der Waals surface area contributed by atoms with E-state index in [0.717, 1.165) is 37.9 Å². The summed E-state index contributed by atoms with van der Waals surface area (Å²) in [6.45, 7) is 5.47. The van der Waals surface area contributed by atoms with Crippen molar-refractivity contribution in [3.8, 4) is 0 Å². The molecule has 0 aliphatic heterocycles. The fourth-order valence-electron chi connectivity index (χ4n) is 3.04.